The second-order valence-electron chi connectivity index (χ2n) is 13.2. The Bertz CT molecular complexity index is 1090. The fraction of sp³-hybridized carbons (Fsp3) is 0.862. The van der Waals surface area contributed by atoms with Crippen molar-refractivity contribution in [2.24, 2.45) is 11.3 Å². The minimum absolute atomic E-state index is 0.0996. The fourth-order valence-corrected chi connectivity index (χ4v) is 7.64. The number of rotatable bonds is 14. The molecule has 240 valence electrons. The Morgan fingerprint density at radius 1 is 1.02 bits per heavy atom. The zero-order chi connectivity index (χ0) is 31.1. The first-order valence-corrected chi connectivity index (χ1v) is 17.2. The minimum atomic E-state index is -3.37. The van der Waals surface area contributed by atoms with Crippen molar-refractivity contribution in [2.75, 3.05) is 31.9 Å². The van der Waals surface area contributed by atoms with Crippen molar-refractivity contribution in [3.05, 3.63) is 0 Å². The molecule has 0 bridgehead atoms. The van der Waals surface area contributed by atoms with Crippen LogP contribution in [-0.4, -0.2) is 96.1 Å². The van der Waals surface area contributed by atoms with Gasteiger partial charge >= 0.3 is 12.0 Å². The Hall–Kier alpha value is -2.41. The van der Waals surface area contributed by atoms with E-state index >= 15 is 0 Å². The van der Waals surface area contributed by atoms with Crippen LogP contribution < -0.4 is 16.0 Å². The van der Waals surface area contributed by atoms with Gasteiger partial charge in [-0.15, -0.1) is 0 Å². The summed E-state index contributed by atoms with van der Waals surface area (Å²) in [7, 11) is -3.37. The summed E-state index contributed by atoms with van der Waals surface area (Å²) >= 11 is 0. The highest BCUT2D eigenvalue weighted by Gasteiger charge is 2.61. The molecule has 3 fully saturated rings. The molecular weight excluding hydrogens is 562 g/mol. The van der Waals surface area contributed by atoms with Crippen LogP contribution in [0.25, 0.3) is 0 Å². The first kappa shape index (κ1) is 34.1. The topological polar surface area (TPSA) is 165 Å². The van der Waals surface area contributed by atoms with Gasteiger partial charge in [-0.25, -0.2) is 18.0 Å². The van der Waals surface area contributed by atoms with Gasteiger partial charge in [0.25, 0.3) is 0 Å². The van der Waals surface area contributed by atoms with Gasteiger partial charge in [0, 0.05) is 25.7 Å². The quantitative estimate of drug-likeness (QED) is 0.219. The standard InChI is InChI=1S/C29H51N5O7S/c1-5-6-7-8-9-13-21-18-29(21,26(37)38)32-25(36)22-14-12-16-34(22)24(35)19-30-27(39)31-23(28(2,3)4)20-33-15-10-11-17-42(33,40)41/h21-23H,5-20H2,1-4H3,(H,32,36)(H,37,38)(H2,30,31,39)/t21?,22-,23?,29+/m0/s1. The number of amides is 4. The molecule has 3 rings (SSSR count). The molecule has 2 unspecified atom stereocenters. The van der Waals surface area contributed by atoms with Gasteiger partial charge in [0.05, 0.1) is 12.3 Å². The van der Waals surface area contributed by atoms with E-state index < -0.39 is 56.9 Å². The van der Waals surface area contributed by atoms with E-state index in [1.807, 2.05) is 20.8 Å². The average molecular weight is 614 g/mol. The molecule has 13 heteroatoms. The monoisotopic (exact) mass is 613 g/mol. The second kappa shape index (κ2) is 14.4. The Kier molecular flexibility index (Phi) is 11.7. The van der Waals surface area contributed by atoms with E-state index in [0.717, 1.165) is 44.9 Å². The van der Waals surface area contributed by atoms with E-state index in [1.165, 1.54) is 9.21 Å². The Morgan fingerprint density at radius 2 is 1.74 bits per heavy atom. The smallest absolute Gasteiger partial charge is 0.329 e. The van der Waals surface area contributed by atoms with Crippen molar-refractivity contribution in [1.29, 1.82) is 0 Å². The largest absolute Gasteiger partial charge is 0.479 e. The number of hydrogen-bond donors (Lipinski definition) is 4. The van der Waals surface area contributed by atoms with Crippen LogP contribution in [-0.2, 0) is 24.4 Å². The van der Waals surface area contributed by atoms with Crippen LogP contribution in [0.1, 0.15) is 98.3 Å². The molecule has 42 heavy (non-hydrogen) atoms. The molecule has 12 nitrogen and oxygen atoms in total. The fourth-order valence-electron chi connectivity index (χ4n) is 6.03. The van der Waals surface area contributed by atoms with Crippen LogP contribution in [0.4, 0.5) is 4.79 Å². The third-order valence-electron chi connectivity index (χ3n) is 8.96. The predicted octanol–water partition coefficient (Wildman–Crippen LogP) is 2.44. The number of nitrogens with one attached hydrogen (secondary N) is 3. The van der Waals surface area contributed by atoms with Crippen LogP contribution in [0, 0.1) is 11.3 Å². The Labute approximate surface area is 250 Å². The number of unbranched alkanes of at least 4 members (excludes halogenated alkanes) is 4. The van der Waals surface area contributed by atoms with Gasteiger partial charge in [-0.2, -0.15) is 4.31 Å². The highest BCUT2D eigenvalue weighted by Crippen LogP contribution is 2.47. The van der Waals surface area contributed by atoms with Gasteiger partial charge in [-0.05, 0) is 49.9 Å². The molecule has 2 saturated heterocycles. The van der Waals surface area contributed by atoms with Crippen LogP contribution in [0.2, 0.25) is 0 Å². The first-order chi connectivity index (χ1) is 19.7. The van der Waals surface area contributed by atoms with E-state index in [1.54, 1.807) is 0 Å². The lowest BCUT2D eigenvalue weighted by Crippen LogP contribution is -2.57. The lowest BCUT2D eigenvalue weighted by molar-refractivity contribution is -0.145. The van der Waals surface area contributed by atoms with Gasteiger partial charge in [0.15, 0.2) is 0 Å². The molecule has 3 aliphatic rings. The Balaban J connectivity index is 1.51. The maximum absolute atomic E-state index is 13.2. The summed E-state index contributed by atoms with van der Waals surface area (Å²) in [5, 5.41) is 18.1. The number of sulfonamides is 1. The van der Waals surface area contributed by atoms with E-state index in [0.29, 0.717) is 38.8 Å². The van der Waals surface area contributed by atoms with E-state index in [-0.39, 0.29) is 24.8 Å². The van der Waals surface area contributed by atoms with E-state index in [2.05, 4.69) is 22.9 Å². The number of carboxylic acids is 1. The number of carboxylic acid groups (broad SMARTS) is 1. The zero-order valence-corrected chi connectivity index (χ0v) is 26.6. The number of likely N-dealkylation sites (tertiary alicyclic amines) is 1. The molecule has 1 saturated carbocycles. The van der Waals surface area contributed by atoms with Crippen molar-refractivity contribution in [1.82, 2.24) is 25.2 Å². The number of carbonyl (C=O) groups is 4. The third kappa shape index (κ3) is 8.81. The molecule has 0 aromatic heterocycles. The maximum atomic E-state index is 13.2. The normalized spacial score (nSPS) is 26.3. The van der Waals surface area contributed by atoms with Gasteiger partial charge in [-0.3, -0.25) is 9.59 Å². The van der Waals surface area contributed by atoms with E-state index in [9.17, 15) is 32.7 Å². The van der Waals surface area contributed by atoms with Crippen molar-refractivity contribution in [3.8, 4) is 0 Å². The average Bonchev–Trinajstić information content (AvgIpc) is 3.37. The summed E-state index contributed by atoms with van der Waals surface area (Å²) < 4.78 is 26.4. The van der Waals surface area contributed by atoms with Gasteiger partial charge in [-0.1, -0.05) is 59.8 Å². The lowest BCUT2D eigenvalue weighted by atomic mass is 9.86. The van der Waals surface area contributed by atoms with Crippen molar-refractivity contribution < 1.29 is 32.7 Å². The molecule has 4 amide bonds. The summed E-state index contributed by atoms with van der Waals surface area (Å²) in [5.74, 6) is -1.93. The third-order valence-corrected chi connectivity index (χ3v) is 10.9. The van der Waals surface area contributed by atoms with E-state index in [4.69, 9.17) is 0 Å². The minimum Gasteiger partial charge on any atom is -0.479 e. The van der Waals surface area contributed by atoms with Crippen LogP contribution in [0.15, 0.2) is 0 Å². The number of carbonyl (C=O) groups excluding carboxylic acids is 3. The molecule has 0 aromatic carbocycles. The number of nitrogens with zero attached hydrogens (tertiary/aromatic N) is 2. The highest BCUT2D eigenvalue weighted by molar-refractivity contribution is 7.89. The number of urea groups is 1. The summed E-state index contributed by atoms with van der Waals surface area (Å²) in [5.41, 5.74) is -1.70. The molecule has 0 radical (unpaired) electrons. The predicted molar refractivity (Wildman–Crippen MR) is 159 cm³/mol. The first-order valence-electron chi connectivity index (χ1n) is 15.6. The Morgan fingerprint density at radius 3 is 2.38 bits per heavy atom. The number of hydrogen-bond acceptors (Lipinski definition) is 6. The molecule has 0 spiro atoms. The van der Waals surface area contributed by atoms with Crippen LogP contribution in [0.5, 0.6) is 0 Å². The molecule has 4 N–H and O–H groups in total. The highest BCUT2D eigenvalue weighted by atomic mass is 32.2. The molecule has 0 aromatic rings. The molecule has 2 aliphatic heterocycles. The summed E-state index contributed by atoms with van der Waals surface area (Å²) in [4.78, 5) is 52.6. The summed E-state index contributed by atoms with van der Waals surface area (Å²) in [6.07, 6.45) is 8.99. The van der Waals surface area contributed by atoms with Crippen molar-refractivity contribution in [3.63, 3.8) is 0 Å². The lowest BCUT2D eigenvalue weighted by Gasteiger charge is -2.36. The van der Waals surface area contributed by atoms with Gasteiger partial charge in [0.2, 0.25) is 21.8 Å². The SMILES string of the molecule is CCCCCCCC1C[C@]1(NC(=O)[C@@H]1CCCN1C(=O)CNC(=O)NC(CN1CCCCS1(=O)=O)C(C)(C)C)C(=O)O. The molecule has 2 heterocycles. The van der Waals surface area contributed by atoms with Gasteiger partial charge in [0.1, 0.15) is 11.6 Å². The summed E-state index contributed by atoms with van der Waals surface area (Å²) in [6.45, 7) is 8.45. The maximum Gasteiger partial charge on any atom is 0.329 e. The summed E-state index contributed by atoms with van der Waals surface area (Å²) in [6, 6.07) is -1.87. The molecule has 4 atom stereocenters. The van der Waals surface area contributed by atoms with Crippen LogP contribution in [0.3, 0.4) is 0 Å². The molecular formula is C29H51N5O7S. The zero-order valence-electron chi connectivity index (χ0n) is 25.7. The van der Waals surface area contributed by atoms with Crippen molar-refractivity contribution in [2.45, 2.75) is 116 Å². The number of aliphatic carboxylic acids is 1. The van der Waals surface area contributed by atoms with Gasteiger partial charge < -0.3 is 26.0 Å². The van der Waals surface area contributed by atoms with Crippen molar-refractivity contribution >= 4 is 33.8 Å². The molecule has 1 aliphatic carbocycles. The van der Waals surface area contributed by atoms with Crippen LogP contribution >= 0.6 is 0 Å². The second-order valence-corrected chi connectivity index (χ2v) is 15.3.